The van der Waals surface area contributed by atoms with Crippen LogP contribution >= 0.6 is 23.7 Å². The minimum absolute atomic E-state index is 0. The van der Waals surface area contributed by atoms with Crippen LogP contribution in [0.1, 0.15) is 43.6 Å². The van der Waals surface area contributed by atoms with E-state index in [1.165, 1.54) is 11.3 Å². The third-order valence-corrected chi connectivity index (χ3v) is 5.68. The number of halogens is 1. The van der Waals surface area contributed by atoms with Crippen LogP contribution in [0.15, 0.2) is 29.6 Å². The number of nitrogens with zero attached hydrogens (tertiary/aromatic N) is 2. The van der Waals surface area contributed by atoms with Gasteiger partial charge in [0.05, 0.1) is 6.61 Å². The van der Waals surface area contributed by atoms with Crippen molar-refractivity contribution in [3.8, 4) is 16.3 Å². The molecule has 1 amide bonds. The lowest BCUT2D eigenvalue weighted by atomic mass is 9.92. The molecular weight excluding hydrogens is 382 g/mol. The normalized spacial score (nSPS) is 17.9. The number of hydrogen-bond acceptors (Lipinski definition) is 5. The van der Waals surface area contributed by atoms with Crippen LogP contribution in [0.2, 0.25) is 0 Å². The Morgan fingerprint density at radius 1 is 1.41 bits per heavy atom. The van der Waals surface area contributed by atoms with E-state index < -0.39 is 0 Å². The van der Waals surface area contributed by atoms with E-state index in [1.807, 2.05) is 41.5 Å². The van der Waals surface area contributed by atoms with Crippen molar-refractivity contribution in [3.63, 3.8) is 0 Å². The molecule has 0 aliphatic carbocycles. The van der Waals surface area contributed by atoms with Crippen molar-refractivity contribution in [3.05, 3.63) is 35.3 Å². The fourth-order valence-corrected chi connectivity index (χ4v) is 4.00. The number of thiazole rings is 1. The van der Waals surface area contributed by atoms with E-state index in [4.69, 9.17) is 10.5 Å². The maximum atomic E-state index is 12.8. The average Bonchev–Trinajstić information content (AvgIpc) is 3.16. The molecule has 1 aliphatic rings. The number of amides is 1. The van der Waals surface area contributed by atoms with E-state index in [0.29, 0.717) is 18.2 Å². The van der Waals surface area contributed by atoms with Crippen LogP contribution in [0.4, 0.5) is 0 Å². The largest absolute Gasteiger partial charge is 0.494 e. The Morgan fingerprint density at radius 2 is 2.15 bits per heavy atom. The van der Waals surface area contributed by atoms with E-state index >= 15 is 0 Å². The first-order valence-corrected chi connectivity index (χ1v) is 10.2. The summed E-state index contributed by atoms with van der Waals surface area (Å²) in [6.07, 6.45) is 3.09. The maximum Gasteiger partial charge on any atom is 0.273 e. The van der Waals surface area contributed by atoms with E-state index in [9.17, 15) is 4.79 Å². The van der Waals surface area contributed by atoms with E-state index in [-0.39, 0.29) is 24.4 Å². The minimum Gasteiger partial charge on any atom is -0.494 e. The number of likely N-dealkylation sites (tertiary alicyclic amines) is 1. The third-order valence-electron chi connectivity index (χ3n) is 4.79. The van der Waals surface area contributed by atoms with Crippen molar-refractivity contribution >= 4 is 29.7 Å². The predicted octanol–water partition coefficient (Wildman–Crippen LogP) is 4.22. The van der Waals surface area contributed by atoms with Gasteiger partial charge in [0, 0.05) is 30.1 Å². The summed E-state index contributed by atoms with van der Waals surface area (Å²) in [5.74, 6) is 1.25. The summed E-state index contributed by atoms with van der Waals surface area (Å²) in [5, 5.41) is 2.71. The molecule has 2 aromatic rings. The van der Waals surface area contributed by atoms with E-state index in [2.05, 4.69) is 11.9 Å². The first-order valence-electron chi connectivity index (χ1n) is 9.32. The van der Waals surface area contributed by atoms with Crippen LogP contribution < -0.4 is 10.5 Å². The highest BCUT2D eigenvalue weighted by molar-refractivity contribution is 7.13. The molecule has 5 nitrogen and oxygen atoms in total. The fourth-order valence-electron chi connectivity index (χ4n) is 3.20. The van der Waals surface area contributed by atoms with Crippen molar-refractivity contribution in [2.24, 2.45) is 11.7 Å². The van der Waals surface area contributed by atoms with Crippen LogP contribution in [0, 0.1) is 5.92 Å². The summed E-state index contributed by atoms with van der Waals surface area (Å²) < 4.78 is 5.61. The van der Waals surface area contributed by atoms with Gasteiger partial charge < -0.3 is 15.4 Å². The molecule has 1 saturated heterocycles. The SMILES string of the molecule is CCCOc1ccc(-c2nc(C(=O)N3CCCC(C(C)N)C3)cs2)cc1.Cl. The van der Waals surface area contributed by atoms with Crippen molar-refractivity contribution in [1.82, 2.24) is 9.88 Å². The molecular formula is C20H28ClN3O2S. The van der Waals surface area contributed by atoms with Gasteiger partial charge in [-0.1, -0.05) is 6.92 Å². The third kappa shape index (κ3) is 5.43. The van der Waals surface area contributed by atoms with Crippen LogP contribution in [-0.2, 0) is 0 Å². The summed E-state index contributed by atoms with van der Waals surface area (Å²) in [6.45, 7) is 6.34. The summed E-state index contributed by atoms with van der Waals surface area (Å²) >= 11 is 1.50. The Bertz CT molecular complexity index is 733. The number of nitrogens with two attached hydrogens (primary N) is 1. The van der Waals surface area contributed by atoms with Crippen LogP contribution in [0.25, 0.3) is 10.6 Å². The molecule has 3 rings (SSSR count). The van der Waals surface area contributed by atoms with E-state index in [0.717, 1.165) is 48.7 Å². The zero-order valence-electron chi connectivity index (χ0n) is 15.9. The van der Waals surface area contributed by atoms with Gasteiger partial charge in [0.2, 0.25) is 0 Å². The molecule has 2 N–H and O–H groups in total. The first kappa shape index (κ1) is 21.7. The number of rotatable bonds is 6. The van der Waals surface area contributed by atoms with Gasteiger partial charge in [-0.15, -0.1) is 23.7 Å². The minimum atomic E-state index is 0. The maximum absolute atomic E-state index is 12.8. The topological polar surface area (TPSA) is 68.5 Å². The van der Waals surface area contributed by atoms with Gasteiger partial charge in [-0.2, -0.15) is 0 Å². The van der Waals surface area contributed by atoms with Crippen molar-refractivity contribution in [1.29, 1.82) is 0 Å². The zero-order valence-corrected chi connectivity index (χ0v) is 17.5. The molecule has 0 radical (unpaired) electrons. The van der Waals surface area contributed by atoms with Gasteiger partial charge in [-0.25, -0.2) is 4.98 Å². The van der Waals surface area contributed by atoms with Crippen LogP contribution in [0.5, 0.6) is 5.75 Å². The molecule has 2 unspecified atom stereocenters. The van der Waals surface area contributed by atoms with Gasteiger partial charge in [0.15, 0.2) is 0 Å². The van der Waals surface area contributed by atoms with E-state index in [1.54, 1.807) is 0 Å². The molecule has 1 aromatic carbocycles. The van der Waals surface area contributed by atoms with Gasteiger partial charge in [0.25, 0.3) is 5.91 Å². The predicted molar refractivity (Wildman–Crippen MR) is 113 cm³/mol. The lowest BCUT2D eigenvalue weighted by Gasteiger charge is -2.34. The Labute approximate surface area is 171 Å². The molecule has 2 heterocycles. The average molecular weight is 410 g/mol. The molecule has 0 spiro atoms. The molecule has 0 bridgehead atoms. The standard InChI is InChI=1S/C20H27N3O2S.ClH/c1-3-11-25-17-8-6-15(7-9-17)19-22-18(13-26-19)20(24)23-10-4-5-16(12-23)14(2)21;/h6-9,13-14,16H,3-5,10-12,21H2,1-2H3;1H. The Morgan fingerprint density at radius 3 is 2.81 bits per heavy atom. The number of hydrogen-bond donors (Lipinski definition) is 1. The number of carbonyl (C=O) groups excluding carboxylic acids is 1. The Kier molecular flexibility index (Phi) is 8.07. The van der Waals surface area contributed by atoms with Gasteiger partial charge in [-0.05, 0) is 56.4 Å². The number of aromatic nitrogens is 1. The molecule has 148 valence electrons. The molecule has 2 atom stereocenters. The highest BCUT2D eigenvalue weighted by Crippen LogP contribution is 2.27. The van der Waals surface area contributed by atoms with Gasteiger partial charge in [0.1, 0.15) is 16.5 Å². The van der Waals surface area contributed by atoms with Crippen LogP contribution in [0.3, 0.4) is 0 Å². The van der Waals surface area contributed by atoms with Crippen molar-refractivity contribution in [2.45, 2.75) is 39.2 Å². The van der Waals surface area contributed by atoms with Crippen molar-refractivity contribution in [2.75, 3.05) is 19.7 Å². The van der Waals surface area contributed by atoms with Gasteiger partial charge in [-0.3, -0.25) is 4.79 Å². The lowest BCUT2D eigenvalue weighted by Crippen LogP contribution is -2.45. The monoisotopic (exact) mass is 409 g/mol. The number of benzene rings is 1. The lowest BCUT2D eigenvalue weighted by molar-refractivity contribution is 0.0656. The highest BCUT2D eigenvalue weighted by Gasteiger charge is 2.27. The molecule has 7 heteroatoms. The zero-order chi connectivity index (χ0) is 18.5. The van der Waals surface area contributed by atoms with Crippen molar-refractivity contribution < 1.29 is 9.53 Å². The summed E-state index contributed by atoms with van der Waals surface area (Å²) in [7, 11) is 0. The summed E-state index contributed by atoms with van der Waals surface area (Å²) in [5.41, 5.74) is 7.56. The Hall–Kier alpha value is -1.63. The highest BCUT2D eigenvalue weighted by atomic mass is 35.5. The number of piperidine rings is 1. The second kappa shape index (κ2) is 10.1. The smallest absolute Gasteiger partial charge is 0.273 e. The molecule has 1 aromatic heterocycles. The molecule has 0 saturated carbocycles. The number of carbonyl (C=O) groups is 1. The molecule has 1 fully saturated rings. The van der Waals surface area contributed by atoms with Gasteiger partial charge >= 0.3 is 0 Å². The number of ether oxygens (including phenoxy) is 1. The summed E-state index contributed by atoms with van der Waals surface area (Å²) in [6, 6.07) is 8.00. The fraction of sp³-hybridized carbons (Fsp3) is 0.500. The van der Waals surface area contributed by atoms with Crippen LogP contribution in [-0.4, -0.2) is 41.5 Å². The quantitative estimate of drug-likeness (QED) is 0.775. The molecule has 27 heavy (non-hydrogen) atoms. The second-order valence-corrected chi connectivity index (χ2v) is 7.78. The molecule has 1 aliphatic heterocycles. The second-order valence-electron chi connectivity index (χ2n) is 6.92. The first-order chi connectivity index (χ1) is 12.6. The Balaban J connectivity index is 0.00000261. The summed E-state index contributed by atoms with van der Waals surface area (Å²) in [4.78, 5) is 19.3.